The van der Waals surface area contributed by atoms with Crippen molar-refractivity contribution in [1.29, 1.82) is 0 Å². The van der Waals surface area contributed by atoms with Gasteiger partial charge in [0.15, 0.2) is 0 Å². The van der Waals surface area contributed by atoms with Crippen molar-refractivity contribution in [1.82, 2.24) is 0 Å². The summed E-state index contributed by atoms with van der Waals surface area (Å²) >= 11 is 0. The molecule has 0 nitrogen and oxygen atoms in total. The van der Waals surface area contributed by atoms with E-state index in [0.29, 0.717) is 0 Å². The maximum absolute atomic E-state index is 2.27. The lowest BCUT2D eigenvalue weighted by molar-refractivity contribution is 0.998. The largest absolute Gasteiger partial charge is 0.0885 e. The van der Waals surface area contributed by atoms with Crippen molar-refractivity contribution in [2.24, 2.45) is 0 Å². The van der Waals surface area contributed by atoms with Gasteiger partial charge in [-0.3, -0.25) is 0 Å². The third-order valence-corrected chi connectivity index (χ3v) is 1.44. The molecule has 0 bridgehead atoms. The van der Waals surface area contributed by atoms with E-state index >= 15 is 0 Å². The van der Waals surface area contributed by atoms with Gasteiger partial charge in [-0.2, -0.15) is 0 Å². The maximum atomic E-state index is 2.27. The van der Waals surface area contributed by atoms with E-state index in [1.165, 1.54) is 25.7 Å². The van der Waals surface area contributed by atoms with E-state index in [2.05, 4.69) is 30.7 Å². The summed E-state index contributed by atoms with van der Waals surface area (Å²) < 4.78 is 0. The summed E-state index contributed by atoms with van der Waals surface area (Å²) in [6.45, 7) is 0. The van der Waals surface area contributed by atoms with Gasteiger partial charge >= 0.3 is 0 Å². The smallest absolute Gasteiger partial charge is 0.0167 e. The molecule has 0 N–H and O–H groups in total. The summed E-state index contributed by atoms with van der Waals surface area (Å²) in [5.41, 5.74) is 0. The Kier molecular flexibility index (Phi) is 3.20. The molecule has 0 aromatic carbocycles. The van der Waals surface area contributed by atoms with Crippen LogP contribution in [0.5, 0.6) is 0 Å². The van der Waals surface area contributed by atoms with Crippen LogP contribution in [0.1, 0.15) is 25.7 Å². The van der Waals surface area contributed by atoms with Crippen molar-refractivity contribution in [2.75, 3.05) is 0 Å². The van der Waals surface area contributed by atoms with Gasteiger partial charge in [-0.25, -0.2) is 0 Å². The summed E-state index contributed by atoms with van der Waals surface area (Å²) in [6.07, 6.45) is 16.0. The average molecular weight is 121 g/mol. The Morgan fingerprint density at radius 2 is 1.33 bits per heavy atom. The fourth-order valence-electron chi connectivity index (χ4n) is 0.909. The molecule has 0 amide bonds. The average Bonchev–Trinajstić information content (AvgIpc) is 2.00. The molecule has 0 aromatic rings. The predicted molar refractivity (Wildman–Crippen MR) is 41.0 cm³/mol. The van der Waals surface area contributed by atoms with Crippen molar-refractivity contribution in [3.8, 4) is 0 Å². The highest BCUT2D eigenvalue weighted by Gasteiger charge is 1.84. The summed E-state index contributed by atoms with van der Waals surface area (Å²) in [5.74, 6) is 0. The normalized spacial score (nSPS) is 27.6. The Balaban J connectivity index is 2.28. The van der Waals surface area contributed by atoms with Crippen molar-refractivity contribution in [3.05, 3.63) is 30.7 Å². The molecule has 49 valence electrons. The molecule has 0 fully saturated rings. The quantitative estimate of drug-likeness (QED) is 0.432. The topological polar surface area (TPSA) is 0 Å². The van der Waals surface area contributed by atoms with E-state index in [1.54, 1.807) is 0 Å². The third-order valence-electron chi connectivity index (χ3n) is 1.44. The van der Waals surface area contributed by atoms with Crippen molar-refractivity contribution >= 4 is 0 Å². The van der Waals surface area contributed by atoms with Crippen molar-refractivity contribution < 1.29 is 0 Å². The molecule has 0 spiro atoms. The highest BCUT2D eigenvalue weighted by molar-refractivity contribution is 4.99. The van der Waals surface area contributed by atoms with Gasteiger partial charge in [0.25, 0.3) is 0 Å². The second kappa shape index (κ2) is 4.37. The van der Waals surface area contributed by atoms with Gasteiger partial charge in [0.2, 0.25) is 0 Å². The maximum Gasteiger partial charge on any atom is -0.0167 e. The molecule has 1 rings (SSSR count). The van der Waals surface area contributed by atoms with Gasteiger partial charge in [-0.15, -0.1) is 0 Å². The van der Waals surface area contributed by atoms with E-state index in [1.807, 2.05) is 0 Å². The minimum absolute atomic E-state index is 1.20. The Labute approximate surface area is 57.3 Å². The van der Waals surface area contributed by atoms with Gasteiger partial charge in [-0.1, -0.05) is 24.3 Å². The zero-order valence-electron chi connectivity index (χ0n) is 5.72. The van der Waals surface area contributed by atoms with Gasteiger partial charge in [0.05, 0.1) is 0 Å². The van der Waals surface area contributed by atoms with Crippen LogP contribution in [0.2, 0.25) is 0 Å². The van der Waals surface area contributed by atoms with Crippen LogP contribution in [0.3, 0.4) is 0 Å². The van der Waals surface area contributed by atoms with Gasteiger partial charge in [0, 0.05) is 0 Å². The summed E-state index contributed by atoms with van der Waals surface area (Å²) in [6, 6.07) is 0. The van der Waals surface area contributed by atoms with Crippen molar-refractivity contribution in [3.63, 3.8) is 0 Å². The Morgan fingerprint density at radius 3 is 2.22 bits per heavy atom. The minimum Gasteiger partial charge on any atom is -0.0885 e. The Morgan fingerprint density at radius 1 is 0.667 bits per heavy atom. The Hall–Kier alpha value is -0.520. The monoisotopic (exact) mass is 121 g/mol. The van der Waals surface area contributed by atoms with E-state index in [4.69, 9.17) is 0 Å². The Bertz CT molecular complexity index is 95.2. The molecule has 1 aliphatic rings. The molecule has 1 radical (unpaired) electrons. The first-order valence-corrected chi connectivity index (χ1v) is 3.63. The van der Waals surface area contributed by atoms with Crippen LogP contribution >= 0.6 is 0 Å². The molecular formula is C9H13. The molecule has 9 heavy (non-hydrogen) atoms. The second-order valence-corrected chi connectivity index (χ2v) is 2.29. The number of hydrogen-bond donors (Lipinski definition) is 0. The van der Waals surface area contributed by atoms with E-state index in [9.17, 15) is 0 Å². The van der Waals surface area contributed by atoms with Crippen LogP contribution in [0.4, 0.5) is 0 Å². The minimum atomic E-state index is 1.20. The summed E-state index contributed by atoms with van der Waals surface area (Å²) in [4.78, 5) is 0. The number of hydrogen-bond acceptors (Lipinski definition) is 0. The first kappa shape index (κ1) is 6.60. The predicted octanol–water partition coefficient (Wildman–Crippen LogP) is 2.88. The van der Waals surface area contributed by atoms with Crippen LogP contribution in [-0.2, 0) is 0 Å². The molecule has 0 aliphatic heterocycles. The zero-order valence-corrected chi connectivity index (χ0v) is 5.72. The van der Waals surface area contributed by atoms with Gasteiger partial charge in [0.1, 0.15) is 0 Å². The molecule has 0 heteroatoms. The first-order valence-electron chi connectivity index (χ1n) is 3.63. The summed E-state index contributed by atoms with van der Waals surface area (Å²) in [5, 5.41) is 0. The summed E-state index contributed by atoms with van der Waals surface area (Å²) in [7, 11) is 0. The lowest BCUT2D eigenvalue weighted by Gasteiger charge is -1.85. The third kappa shape index (κ3) is 3.12. The van der Waals surface area contributed by atoms with Crippen molar-refractivity contribution in [2.45, 2.75) is 25.7 Å². The van der Waals surface area contributed by atoms with Crippen LogP contribution < -0.4 is 0 Å². The molecule has 0 heterocycles. The molecule has 0 unspecified atom stereocenters. The second-order valence-electron chi connectivity index (χ2n) is 2.29. The number of allylic oxidation sites excluding steroid dienone is 4. The molecule has 0 saturated carbocycles. The highest BCUT2D eigenvalue weighted by Crippen LogP contribution is 2.03. The lowest BCUT2D eigenvalue weighted by Crippen LogP contribution is -1.67. The highest BCUT2D eigenvalue weighted by atomic mass is 13.9. The number of rotatable bonds is 0. The van der Waals surface area contributed by atoms with Crippen LogP contribution in [-0.4, -0.2) is 0 Å². The SMILES string of the molecule is [CH]1/C=C\CC/C=C\CC1. The van der Waals surface area contributed by atoms with Crippen LogP contribution in [0.15, 0.2) is 24.3 Å². The van der Waals surface area contributed by atoms with E-state index < -0.39 is 0 Å². The fourth-order valence-corrected chi connectivity index (χ4v) is 0.909. The van der Waals surface area contributed by atoms with E-state index in [0.717, 1.165) is 0 Å². The first-order chi connectivity index (χ1) is 4.50. The molecule has 0 atom stereocenters. The van der Waals surface area contributed by atoms with E-state index in [-0.39, 0.29) is 0 Å². The molecule has 1 aliphatic carbocycles. The van der Waals surface area contributed by atoms with Crippen LogP contribution in [0.25, 0.3) is 0 Å². The van der Waals surface area contributed by atoms with Crippen LogP contribution in [0, 0.1) is 6.42 Å². The zero-order chi connectivity index (χ0) is 6.36. The molecule has 0 saturated heterocycles. The lowest BCUT2D eigenvalue weighted by atomic mass is 10.2. The fraction of sp³-hybridized carbons (Fsp3) is 0.444. The van der Waals surface area contributed by atoms with Gasteiger partial charge < -0.3 is 0 Å². The molecule has 0 aromatic heterocycles. The van der Waals surface area contributed by atoms with Gasteiger partial charge in [-0.05, 0) is 32.1 Å². The molecular weight excluding hydrogens is 108 g/mol. The standard InChI is InChI=1S/C9H13/c1-2-4-6-8-9-7-5-3-1/h1-3,8-9H,4-7H2/b2-1-,9-8-.